The Balaban J connectivity index is 2.02. The van der Waals surface area contributed by atoms with Crippen LogP contribution in [0.4, 0.5) is 0 Å². The van der Waals surface area contributed by atoms with Gasteiger partial charge in [-0.15, -0.1) is 0 Å². The molecule has 0 aliphatic carbocycles. The van der Waals surface area contributed by atoms with Crippen molar-refractivity contribution in [2.45, 2.75) is 32.7 Å². The Kier molecular flexibility index (Phi) is 5.58. The molecule has 0 amide bonds. The van der Waals surface area contributed by atoms with Crippen LogP contribution in [0, 0.1) is 11.3 Å². The zero-order chi connectivity index (χ0) is 14.4. The molecule has 1 fully saturated rings. The summed E-state index contributed by atoms with van der Waals surface area (Å²) in [4.78, 5) is 0. The molecule has 1 aliphatic heterocycles. The number of nitrogens with one attached hydrogen (secondary N) is 1. The molecular formula is C17H27NO2. The zero-order valence-corrected chi connectivity index (χ0v) is 12.6. The van der Waals surface area contributed by atoms with Crippen LogP contribution in [0.15, 0.2) is 30.3 Å². The fraction of sp³-hybridized carbons (Fsp3) is 0.647. The van der Waals surface area contributed by atoms with E-state index in [2.05, 4.69) is 49.5 Å². The van der Waals surface area contributed by atoms with Crippen LogP contribution in [0.2, 0.25) is 0 Å². The van der Waals surface area contributed by atoms with Gasteiger partial charge in [-0.05, 0) is 24.3 Å². The summed E-state index contributed by atoms with van der Waals surface area (Å²) in [5, 5.41) is 13.0. The van der Waals surface area contributed by atoms with Gasteiger partial charge in [-0.25, -0.2) is 0 Å². The number of aliphatic hydroxyl groups is 1. The number of benzene rings is 1. The van der Waals surface area contributed by atoms with Crippen molar-refractivity contribution in [1.29, 1.82) is 0 Å². The largest absolute Gasteiger partial charge is 0.396 e. The van der Waals surface area contributed by atoms with Crippen LogP contribution in [-0.2, 0) is 4.74 Å². The summed E-state index contributed by atoms with van der Waals surface area (Å²) < 4.78 is 5.56. The molecule has 1 saturated heterocycles. The SMILES string of the molecule is CC(C)C(NCC1(CCO)CCOC1)c1ccccc1. The fourth-order valence-electron chi connectivity index (χ4n) is 3.04. The molecule has 2 rings (SSSR count). The molecular weight excluding hydrogens is 250 g/mol. The van der Waals surface area contributed by atoms with Gasteiger partial charge in [0.25, 0.3) is 0 Å². The average Bonchev–Trinajstić information content (AvgIpc) is 2.89. The van der Waals surface area contributed by atoms with Crippen LogP contribution in [-0.4, -0.2) is 31.5 Å². The van der Waals surface area contributed by atoms with Gasteiger partial charge >= 0.3 is 0 Å². The van der Waals surface area contributed by atoms with Gasteiger partial charge in [0.05, 0.1) is 6.61 Å². The lowest BCUT2D eigenvalue weighted by atomic mass is 9.83. The number of rotatable bonds is 7. The molecule has 0 bridgehead atoms. The maximum atomic E-state index is 9.30. The predicted molar refractivity (Wildman–Crippen MR) is 81.6 cm³/mol. The summed E-state index contributed by atoms with van der Waals surface area (Å²) in [6.45, 7) is 7.22. The molecule has 3 heteroatoms. The molecule has 1 aromatic rings. The summed E-state index contributed by atoms with van der Waals surface area (Å²) in [6.07, 6.45) is 1.86. The van der Waals surface area contributed by atoms with Crippen molar-refractivity contribution in [3.63, 3.8) is 0 Å². The number of aliphatic hydroxyl groups excluding tert-OH is 1. The quantitative estimate of drug-likeness (QED) is 0.805. The standard InChI is InChI=1S/C17H27NO2/c1-14(2)16(15-6-4-3-5-7-15)18-12-17(8-10-19)9-11-20-13-17/h3-7,14,16,18-19H,8-13H2,1-2H3. The smallest absolute Gasteiger partial charge is 0.0536 e. The van der Waals surface area contributed by atoms with E-state index in [1.807, 2.05) is 0 Å². The molecule has 2 unspecified atom stereocenters. The molecule has 20 heavy (non-hydrogen) atoms. The van der Waals surface area contributed by atoms with Gasteiger partial charge in [0, 0.05) is 31.2 Å². The van der Waals surface area contributed by atoms with Crippen molar-refractivity contribution < 1.29 is 9.84 Å². The monoisotopic (exact) mass is 277 g/mol. The maximum Gasteiger partial charge on any atom is 0.0536 e. The predicted octanol–water partition coefficient (Wildman–Crippen LogP) is 2.76. The number of hydrogen-bond donors (Lipinski definition) is 2. The van der Waals surface area contributed by atoms with Crippen LogP contribution in [0.25, 0.3) is 0 Å². The second-order valence-electron chi connectivity index (χ2n) is 6.29. The van der Waals surface area contributed by atoms with Crippen LogP contribution in [0.3, 0.4) is 0 Å². The van der Waals surface area contributed by atoms with E-state index in [4.69, 9.17) is 4.74 Å². The molecule has 2 N–H and O–H groups in total. The second-order valence-corrected chi connectivity index (χ2v) is 6.29. The summed E-state index contributed by atoms with van der Waals surface area (Å²) in [7, 11) is 0. The van der Waals surface area contributed by atoms with Gasteiger partial charge in [-0.1, -0.05) is 44.2 Å². The zero-order valence-electron chi connectivity index (χ0n) is 12.6. The molecule has 0 saturated carbocycles. The molecule has 0 radical (unpaired) electrons. The highest BCUT2D eigenvalue weighted by molar-refractivity contribution is 5.19. The van der Waals surface area contributed by atoms with E-state index in [9.17, 15) is 5.11 Å². The van der Waals surface area contributed by atoms with Gasteiger partial charge in [0.15, 0.2) is 0 Å². The Labute approximate surface area is 122 Å². The van der Waals surface area contributed by atoms with Crippen molar-refractivity contribution in [1.82, 2.24) is 5.32 Å². The molecule has 3 nitrogen and oxygen atoms in total. The minimum absolute atomic E-state index is 0.108. The lowest BCUT2D eigenvalue weighted by Gasteiger charge is -2.31. The average molecular weight is 277 g/mol. The summed E-state index contributed by atoms with van der Waals surface area (Å²) in [6, 6.07) is 11.0. The van der Waals surface area contributed by atoms with E-state index >= 15 is 0 Å². The maximum absolute atomic E-state index is 9.30. The lowest BCUT2D eigenvalue weighted by Crippen LogP contribution is -2.39. The summed E-state index contributed by atoms with van der Waals surface area (Å²) in [5.74, 6) is 0.533. The van der Waals surface area contributed by atoms with Crippen molar-refractivity contribution in [3.05, 3.63) is 35.9 Å². The topological polar surface area (TPSA) is 41.5 Å². The van der Waals surface area contributed by atoms with Gasteiger partial charge in [-0.3, -0.25) is 0 Å². The highest BCUT2D eigenvalue weighted by Gasteiger charge is 2.35. The lowest BCUT2D eigenvalue weighted by molar-refractivity contribution is 0.120. The summed E-state index contributed by atoms with van der Waals surface area (Å²) >= 11 is 0. The second kappa shape index (κ2) is 7.21. The minimum atomic E-state index is 0.108. The van der Waals surface area contributed by atoms with Crippen molar-refractivity contribution in [2.24, 2.45) is 11.3 Å². The highest BCUT2D eigenvalue weighted by Crippen LogP contribution is 2.33. The fourth-order valence-corrected chi connectivity index (χ4v) is 3.04. The Hall–Kier alpha value is -0.900. The van der Waals surface area contributed by atoms with Crippen LogP contribution in [0.5, 0.6) is 0 Å². The molecule has 1 heterocycles. The molecule has 0 aromatic heterocycles. The van der Waals surface area contributed by atoms with E-state index in [0.717, 1.165) is 32.6 Å². The Bertz CT molecular complexity index is 385. The first kappa shape index (κ1) is 15.5. The van der Waals surface area contributed by atoms with Crippen molar-refractivity contribution in [3.8, 4) is 0 Å². The molecule has 1 aromatic carbocycles. The van der Waals surface area contributed by atoms with E-state index in [0.29, 0.717) is 12.0 Å². The van der Waals surface area contributed by atoms with E-state index in [-0.39, 0.29) is 12.0 Å². The van der Waals surface area contributed by atoms with Gasteiger partial charge in [0.2, 0.25) is 0 Å². The highest BCUT2D eigenvalue weighted by atomic mass is 16.5. The first-order valence-electron chi connectivity index (χ1n) is 7.64. The third-order valence-corrected chi connectivity index (χ3v) is 4.35. The molecule has 2 atom stereocenters. The van der Waals surface area contributed by atoms with E-state index < -0.39 is 0 Å². The van der Waals surface area contributed by atoms with Gasteiger partial charge in [-0.2, -0.15) is 0 Å². The van der Waals surface area contributed by atoms with E-state index in [1.54, 1.807) is 0 Å². The minimum Gasteiger partial charge on any atom is -0.396 e. The van der Waals surface area contributed by atoms with Crippen molar-refractivity contribution in [2.75, 3.05) is 26.4 Å². The van der Waals surface area contributed by atoms with Crippen LogP contribution < -0.4 is 5.32 Å². The third kappa shape index (κ3) is 3.81. The normalized spacial score (nSPS) is 24.2. The Morgan fingerprint density at radius 3 is 2.60 bits per heavy atom. The first-order valence-corrected chi connectivity index (χ1v) is 7.64. The third-order valence-electron chi connectivity index (χ3n) is 4.35. The molecule has 112 valence electrons. The Morgan fingerprint density at radius 1 is 1.30 bits per heavy atom. The molecule has 0 spiro atoms. The first-order chi connectivity index (χ1) is 9.67. The van der Waals surface area contributed by atoms with Crippen LogP contribution >= 0.6 is 0 Å². The molecule has 1 aliphatic rings. The summed E-state index contributed by atoms with van der Waals surface area (Å²) in [5.41, 5.74) is 1.44. The van der Waals surface area contributed by atoms with Gasteiger partial charge in [0.1, 0.15) is 0 Å². The van der Waals surface area contributed by atoms with E-state index in [1.165, 1.54) is 5.56 Å². The number of hydrogen-bond acceptors (Lipinski definition) is 3. The van der Waals surface area contributed by atoms with Crippen LogP contribution in [0.1, 0.15) is 38.3 Å². The number of ether oxygens (including phenoxy) is 1. The van der Waals surface area contributed by atoms with Crippen molar-refractivity contribution >= 4 is 0 Å². The Morgan fingerprint density at radius 2 is 2.05 bits per heavy atom. The van der Waals surface area contributed by atoms with Gasteiger partial charge < -0.3 is 15.2 Å².